The van der Waals surface area contributed by atoms with Crippen LogP contribution in [0.15, 0.2) is 54.6 Å². The number of hydrogen-bond acceptors (Lipinski definition) is 5. The molecule has 1 amide bonds. The van der Waals surface area contributed by atoms with Crippen LogP contribution in [0.2, 0.25) is 0 Å². The molecule has 1 heterocycles. The summed E-state index contributed by atoms with van der Waals surface area (Å²) in [7, 11) is 1.71. The van der Waals surface area contributed by atoms with Gasteiger partial charge in [-0.05, 0) is 11.6 Å². The van der Waals surface area contributed by atoms with Gasteiger partial charge in [0.2, 0.25) is 5.91 Å². The highest BCUT2D eigenvalue weighted by Crippen LogP contribution is 2.20. The number of carbonyl (C=O) groups excluding carboxylic acids is 1. The number of amides is 1. The van der Waals surface area contributed by atoms with Crippen molar-refractivity contribution in [2.24, 2.45) is 0 Å². The molecule has 8 nitrogen and oxygen atoms in total. The summed E-state index contributed by atoms with van der Waals surface area (Å²) >= 11 is 0. The molecule has 2 N–H and O–H groups in total. The Balaban J connectivity index is 0.000000469. The van der Waals surface area contributed by atoms with Crippen LogP contribution < -0.4 is 4.74 Å². The number of rotatable bonds is 5. The van der Waals surface area contributed by atoms with E-state index in [0.29, 0.717) is 6.42 Å². The van der Waals surface area contributed by atoms with Crippen LogP contribution in [0, 0.1) is 0 Å². The molecular formula is C22H26N2O6. The van der Waals surface area contributed by atoms with Crippen molar-refractivity contribution in [3.63, 3.8) is 0 Å². The van der Waals surface area contributed by atoms with Gasteiger partial charge in [-0.1, -0.05) is 48.5 Å². The molecule has 1 aliphatic heterocycles. The van der Waals surface area contributed by atoms with Crippen LogP contribution >= 0.6 is 0 Å². The number of ether oxygens (including phenoxy) is 1. The molecule has 30 heavy (non-hydrogen) atoms. The summed E-state index contributed by atoms with van der Waals surface area (Å²) in [6.45, 7) is 4.25. The molecule has 2 aromatic rings. The summed E-state index contributed by atoms with van der Waals surface area (Å²) in [5.74, 6) is -2.50. The van der Waals surface area contributed by atoms with Crippen LogP contribution in [-0.4, -0.2) is 71.1 Å². The number of carboxylic acid groups (broad SMARTS) is 2. The summed E-state index contributed by atoms with van der Waals surface area (Å²) in [6, 6.07) is 18.1. The summed E-state index contributed by atoms with van der Waals surface area (Å²) in [5.41, 5.74) is 2.28. The Morgan fingerprint density at radius 2 is 1.43 bits per heavy atom. The Kier molecular flexibility index (Phi) is 8.83. The fourth-order valence-electron chi connectivity index (χ4n) is 3.11. The number of carboxylic acids is 2. The van der Waals surface area contributed by atoms with Crippen molar-refractivity contribution in [2.75, 3.05) is 33.3 Å². The van der Waals surface area contributed by atoms with Gasteiger partial charge in [-0.3, -0.25) is 9.69 Å². The van der Waals surface area contributed by atoms with Gasteiger partial charge < -0.3 is 19.8 Å². The van der Waals surface area contributed by atoms with Gasteiger partial charge in [0.25, 0.3) is 0 Å². The lowest BCUT2D eigenvalue weighted by Gasteiger charge is -2.35. The second-order valence-corrected chi connectivity index (χ2v) is 6.74. The molecule has 1 aliphatic rings. The minimum Gasteiger partial charge on any atom is -0.496 e. The molecule has 8 heteroatoms. The van der Waals surface area contributed by atoms with Gasteiger partial charge in [0.15, 0.2) is 0 Å². The second kappa shape index (κ2) is 11.6. The third-order valence-electron chi connectivity index (χ3n) is 4.69. The molecule has 0 saturated carbocycles. The summed E-state index contributed by atoms with van der Waals surface area (Å²) in [4.78, 5) is 35.0. The second-order valence-electron chi connectivity index (χ2n) is 6.74. The smallest absolute Gasteiger partial charge is 0.414 e. The molecule has 1 fully saturated rings. The first-order valence-corrected chi connectivity index (χ1v) is 9.53. The maximum Gasteiger partial charge on any atom is 0.414 e. The zero-order valence-electron chi connectivity index (χ0n) is 16.9. The van der Waals surface area contributed by atoms with Crippen molar-refractivity contribution in [1.82, 2.24) is 9.80 Å². The lowest BCUT2D eigenvalue weighted by atomic mass is 10.1. The third-order valence-corrected chi connectivity index (χ3v) is 4.69. The zero-order chi connectivity index (χ0) is 21.9. The molecule has 2 aromatic carbocycles. The van der Waals surface area contributed by atoms with Gasteiger partial charge in [-0.25, -0.2) is 9.59 Å². The molecule has 3 rings (SSSR count). The van der Waals surface area contributed by atoms with Gasteiger partial charge in [-0.15, -0.1) is 0 Å². The Hall–Kier alpha value is -3.39. The number of aliphatic carboxylic acids is 2. The maximum absolute atomic E-state index is 12.4. The Labute approximate surface area is 175 Å². The third kappa shape index (κ3) is 7.21. The Morgan fingerprint density at radius 1 is 0.867 bits per heavy atom. The first-order chi connectivity index (χ1) is 14.4. The van der Waals surface area contributed by atoms with E-state index in [1.54, 1.807) is 7.11 Å². The average molecular weight is 414 g/mol. The molecule has 0 radical (unpaired) electrons. The largest absolute Gasteiger partial charge is 0.496 e. The topological polar surface area (TPSA) is 107 Å². The van der Waals surface area contributed by atoms with E-state index in [2.05, 4.69) is 11.0 Å². The minimum absolute atomic E-state index is 0.221. The molecule has 0 spiro atoms. The SMILES string of the molecule is COc1ccccc1CN1CCN(C(=O)Cc2ccccc2)CC1.O=C(O)C(=O)O. The van der Waals surface area contributed by atoms with Crippen molar-refractivity contribution in [1.29, 1.82) is 0 Å². The molecule has 0 bridgehead atoms. The molecule has 0 aliphatic carbocycles. The minimum atomic E-state index is -1.82. The number of benzene rings is 2. The summed E-state index contributed by atoms with van der Waals surface area (Å²) in [5, 5.41) is 14.8. The van der Waals surface area contributed by atoms with Crippen LogP contribution in [-0.2, 0) is 27.3 Å². The standard InChI is InChI=1S/C20H24N2O2.C2H2O4/c1-24-19-10-6-5-9-18(19)16-21-11-13-22(14-12-21)20(23)15-17-7-3-2-4-8-17;3-1(4)2(5)6/h2-10H,11-16H2,1H3;(H,3,4)(H,5,6). The van der Waals surface area contributed by atoms with Gasteiger partial charge in [0.1, 0.15) is 5.75 Å². The number of nitrogens with zero attached hydrogens (tertiary/aromatic N) is 2. The predicted octanol–water partition coefficient (Wildman–Crippen LogP) is 1.74. The van der Waals surface area contributed by atoms with E-state index < -0.39 is 11.9 Å². The maximum atomic E-state index is 12.4. The highest BCUT2D eigenvalue weighted by molar-refractivity contribution is 6.27. The van der Waals surface area contributed by atoms with E-state index in [1.165, 1.54) is 5.56 Å². The van der Waals surface area contributed by atoms with Gasteiger partial charge in [0, 0.05) is 38.3 Å². The quantitative estimate of drug-likeness (QED) is 0.718. The van der Waals surface area contributed by atoms with E-state index in [4.69, 9.17) is 24.5 Å². The van der Waals surface area contributed by atoms with Crippen molar-refractivity contribution in [2.45, 2.75) is 13.0 Å². The van der Waals surface area contributed by atoms with Crippen molar-refractivity contribution in [3.8, 4) is 5.75 Å². The van der Waals surface area contributed by atoms with Crippen LogP contribution in [0.1, 0.15) is 11.1 Å². The number of para-hydroxylation sites is 1. The predicted molar refractivity (Wildman–Crippen MR) is 110 cm³/mol. The van der Waals surface area contributed by atoms with Crippen molar-refractivity contribution < 1.29 is 29.3 Å². The monoisotopic (exact) mass is 414 g/mol. The van der Waals surface area contributed by atoms with E-state index in [9.17, 15) is 4.79 Å². The number of methoxy groups -OCH3 is 1. The first kappa shape index (κ1) is 22.9. The van der Waals surface area contributed by atoms with Crippen molar-refractivity contribution in [3.05, 3.63) is 65.7 Å². The zero-order valence-corrected chi connectivity index (χ0v) is 16.9. The van der Waals surface area contributed by atoms with Gasteiger partial charge in [-0.2, -0.15) is 0 Å². The Bertz CT molecular complexity index is 836. The van der Waals surface area contributed by atoms with E-state index in [1.807, 2.05) is 53.4 Å². The molecule has 0 aromatic heterocycles. The fourth-order valence-corrected chi connectivity index (χ4v) is 3.11. The summed E-state index contributed by atoms with van der Waals surface area (Å²) < 4.78 is 5.42. The molecule has 0 unspecified atom stereocenters. The van der Waals surface area contributed by atoms with Crippen LogP contribution in [0.3, 0.4) is 0 Å². The normalized spacial score (nSPS) is 13.7. The van der Waals surface area contributed by atoms with Crippen LogP contribution in [0.25, 0.3) is 0 Å². The van der Waals surface area contributed by atoms with Crippen LogP contribution in [0.5, 0.6) is 5.75 Å². The van der Waals surface area contributed by atoms with Gasteiger partial charge in [0.05, 0.1) is 13.5 Å². The number of hydrogen-bond donors (Lipinski definition) is 2. The number of piperazine rings is 1. The molecule has 0 atom stereocenters. The average Bonchev–Trinajstić information content (AvgIpc) is 2.75. The van der Waals surface area contributed by atoms with E-state index >= 15 is 0 Å². The molecule has 1 saturated heterocycles. The van der Waals surface area contributed by atoms with E-state index in [0.717, 1.165) is 44.0 Å². The summed E-state index contributed by atoms with van der Waals surface area (Å²) in [6.07, 6.45) is 0.493. The molecule has 160 valence electrons. The van der Waals surface area contributed by atoms with Crippen molar-refractivity contribution >= 4 is 17.8 Å². The highest BCUT2D eigenvalue weighted by Gasteiger charge is 2.21. The fraction of sp³-hybridized carbons (Fsp3) is 0.318. The van der Waals surface area contributed by atoms with E-state index in [-0.39, 0.29) is 5.91 Å². The Morgan fingerprint density at radius 3 is 2.00 bits per heavy atom. The molecular weight excluding hydrogens is 388 g/mol. The highest BCUT2D eigenvalue weighted by atomic mass is 16.5. The van der Waals surface area contributed by atoms with Gasteiger partial charge >= 0.3 is 11.9 Å². The first-order valence-electron chi connectivity index (χ1n) is 9.53. The van der Waals surface area contributed by atoms with Crippen LogP contribution in [0.4, 0.5) is 0 Å². The number of carbonyl (C=O) groups is 3. The lowest BCUT2D eigenvalue weighted by Crippen LogP contribution is -2.48. The lowest BCUT2D eigenvalue weighted by molar-refractivity contribution is -0.159.